The zero-order chi connectivity index (χ0) is 13.1. The third-order valence-electron chi connectivity index (χ3n) is 2.71. The molecule has 0 aliphatic carbocycles. The van der Waals surface area contributed by atoms with Crippen LogP contribution < -0.4 is 5.32 Å². The zero-order valence-corrected chi connectivity index (χ0v) is 12.0. The van der Waals surface area contributed by atoms with E-state index in [0.717, 1.165) is 5.69 Å². The minimum absolute atomic E-state index is 0.0860. The van der Waals surface area contributed by atoms with Crippen molar-refractivity contribution in [2.24, 2.45) is 0 Å². The molecule has 4 heteroatoms. The Balaban J connectivity index is 2.18. The van der Waals surface area contributed by atoms with Gasteiger partial charge in [-0.3, -0.25) is 0 Å². The van der Waals surface area contributed by atoms with E-state index in [0.29, 0.717) is 5.56 Å². The Morgan fingerprint density at radius 2 is 1.72 bits per heavy atom. The second kappa shape index (κ2) is 5.48. The van der Waals surface area contributed by atoms with Crippen LogP contribution in [0, 0.1) is 3.57 Å². The molecule has 0 amide bonds. The molecule has 0 bridgehead atoms. The largest absolute Gasteiger partial charge is 0.508 e. The Morgan fingerprint density at radius 3 is 2.39 bits per heavy atom. The first-order chi connectivity index (χ1) is 8.56. The quantitative estimate of drug-likeness (QED) is 0.579. The van der Waals surface area contributed by atoms with Crippen molar-refractivity contribution in [3.05, 3.63) is 51.6 Å². The van der Waals surface area contributed by atoms with Crippen molar-refractivity contribution in [1.29, 1.82) is 0 Å². The average molecular weight is 355 g/mol. The molecule has 3 nitrogen and oxygen atoms in total. The number of aromatic hydroxyl groups is 2. The Bertz CT molecular complexity index is 540. The summed E-state index contributed by atoms with van der Waals surface area (Å²) in [5, 5.41) is 22.5. The van der Waals surface area contributed by atoms with E-state index in [9.17, 15) is 10.2 Å². The van der Waals surface area contributed by atoms with E-state index >= 15 is 0 Å². The van der Waals surface area contributed by atoms with Crippen molar-refractivity contribution in [3.8, 4) is 11.5 Å². The summed E-state index contributed by atoms with van der Waals surface area (Å²) in [5.74, 6) is 0.331. The van der Waals surface area contributed by atoms with Crippen molar-refractivity contribution >= 4 is 28.3 Å². The van der Waals surface area contributed by atoms with Crippen LogP contribution in [0.4, 0.5) is 5.69 Å². The Labute approximate surface area is 120 Å². The van der Waals surface area contributed by atoms with E-state index in [1.807, 2.05) is 31.2 Å². The van der Waals surface area contributed by atoms with Crippen LogP contribution in [0.5, 0.6) is 11.5 Å². The van der Waals surface area contributed by atoms with Gasteiger partial charge >= 0.3 is 0 Å². The van der Waals surface area contributed by atoms with Gasteiger partial charge in [-0.1, -0.05) is 0 Å². The van der Waals surface area contributed by atoms with Gasteiger partial charge in [0.2, 0.25) is 0 Å². The van der Waals surface area contributed by atoms with Crippen LogP contribution in [0.3, 0.4) is 0 Å². The van der Waals surface area contributed by atoms with Crippen molar-refractivity contribution < 1.29 is 10.2 Å². The molecular formula is C14H14INO2. The monoisotopic (exact) mass is 355 g/mol. The molecule has 1 atom stereocenters. The van der Waals surface area contributed by atoms with Crippen LogP contribution in [0.15, 0.2) is 42.5 Å². The van der Waals surface area contributed by atoms with Crippen molar-refractivity contribution in [2.45, 2.75) is 13.0 Å². The molecule has 0 saturated carbocycles. The molecule has 0 spiro atoms. The highest BCUT2D eigenvalue weighted by atomic mass is 127. The summed E-state index contributed by atoms with van der Waals surface area (Å²) < 4.78 is 1.17. The van der Waals surface area contributed by atoms with Crippen molar-refractivity contribution in [1.82, 2.24) is 0 Å². The summed E-state index contributed by atoms with van der Waals surface area (Å²) >= 11 is 2.25. The van der Waals surface area contributed by atoms with Crippen molar-refractivity contribution in [3.63, 3.8) is 0 Å². The highest BCUT2D eigenvalue weighted by Gasteiger charge is 2.11. The first-order valence-corrected chi connectivity index (χ1v) is 6.68. The van der Waals surface area contributed by atoms with E-state index in [2.05, 4.69) is 27.9 Å². The molecule has 2 rings (SSSR count). The molecule has 2 aromatic carbocycles. The van der Waals surface area contributed by atoms with Gasteiger partial charge in [0.25, 0.3) is 0 Å². The fourth-order valence-corrected chi connectivity index (χ4v) is 2.12. The van der Waals surface area contributed by atoms with E-state index < -0.39 is 0 Å². The number of phenolic OH excluding ortho intramolecular Hbond substituents is 2. The van der Waals surface area contributed by atoms with E-state index in [-0.39, 0.29) is 17.5 Å². The lowest BCUT2D eigenvalue weighted by atomic mass is 10.1. The van der Waals surface area contributed by atoms with Gasteiger partial charge in [-0.2, -0.15) is 0 Å². The summed E-state index contributed by atoms with van der Waals surface area (Å²) in [7, 11) is 0. The number of nitrogens with one attached hydrogen (secondary N) is 1. The topological polar surface area (TPSA) is 52.5 Å². The van der Waals surface area contributed by atoms with E-state index in [1.165, 1.54) is 15.7 Å². The molecule has 18 heavy (non-hydrogen) atoms. The van der Waals surface area contributed by atoms with Gasteiger partial charge in [-0.05, 0) is 72.0 Å². The molecule has 0 radical (unpaired) electrons. The first kappa shape index (κ1) is 13.0. The molecule has 0 heterocycles. The molecule has 0 aliphatic heterocycles. The van der Waals surface area contributed by atoms with Crippen LogP contribution in [-0.2, 0) is 0 Å². The Kier molecular flexibility index (Phi) is 3.96. The van der Waals surface area contributed by atoms with E-state index in [4.69, 9.17) is 0 Å². The highest BCUT2D eigenvalue weighted by Crippen LogP contribution is 2.30. The fraction of sp³-hybridized carbons (Fsp3) is 0.143. The summed E-state index contributed by atoms with van der Waals surface area (Å²) in [6.07, 6.45) is 0. The van der Waals surface area contributed by atoms with Crippen LogP contribution in [0.1, 0.15) is 18.5 Å². The molecule has 0 aliphatic rings. The van der Waals surface area contributed by atoms with Gasteiger partial charge in [0.05, 0.1) is 6.04 Å². The van der Waals surface area contributed by atoms with Crippen LogP contribution in [-0.4, -0.2) is 10.2 Å². The predicted octanol–water partition coefficient (Wildman–Crippen LogP) is 3.88. The van der Waals surface area contributed by atoms with Gasteiger partial charge < -0.3 is 15.5 Å². The lowest BCUT2D eigenvalue weighted by Crippen LogP contribution is -2.06. The second-order valence-corrected chi connectivity index (χ2v) is 5.36. The molecular weight excluding hydrogens is 341 g/mol. The lowest BCUT2D eigenvalue weighted by molar-refractivity contribution is 0.451. The van der Waals surface area contributed by atoms with Crippen LogP contribution in [0.25, 0.3) is 0 Å². The first-order valence-electron chi connectivity index (χ1n) is 5.60. The maximum atomic E-state index is 9.78. The maximum absolute atomic E-state index is 9.78. The Morgan fingerprint density at radius 1 is 1.06 bits per heavy atom. The number of hydrogen-bond donors (Lipinski definition) is 3. The van der Waals surface area contributed by atoms with Gasteiger partial charge in [0.15, 0.2) is 0 Å². The SMILES string of the molecule is CC(Nc1ccc(I)cc1)c1cc(O)ccc1O. The lowest BCUT2D eigenvalue weighted by Gasteiger charge is -2.17. The summed E-state index contributed by atoms with van der Waals surface area (Å²) in [5.41, 5.74) is 1.65. The highest BCUT2D eigenvalue weighted by molar-refractivity contribution is 14.1. The third-order valence-corrected chi connectivity index (χ3v) is 3.42. The van der Waals surface area contributed by atoms with E-state index in [1.54, 1.807) is 6.07 Å². The molecule has 94 valence electrons. The number of halogens is 1. The number of phenols is 2. The van der Waals surface area contributed by atoms with Gasteiger partial charge in [-0.25, -0.2) is 0 Å². The number of benzene rings is 2. The predicted molar refractivity (Wildman–Crippen MR) is 81.0 cm³/mol. The minimum Gasteiger partial charge on any atom is -0.508 e. The second-order valence-electron chi connectivity index (χ2n) is 4.12. The standard InChI is InChI=1S/C14H14INO2/c1-9(13-8-12(17)6-7-14(13)18)16-11-4-2-10(15)3-5-11/h2-9,16-18H,1H3. The number of rotatable bonds is 3. The normalized spacial score (nSPS) is 12.1. The summed E-state index contributed by atoms with van der Waals surface area (Å²) in [6.45, 7) is 1.94. The van der Waals surface area contributed by atoms with Crippen molar-refractivity contribution in [2.75, 3.05) is 5.32 Å². The third kappa shape index (κ3) is 3.07. The summed E-state index contributed by atoms with van der Waals surface area (Å²) in [6, 6.07) is 12.4. The molecule has 0 saturated heterocycles. The molecule has 0 fully saturated rings. The number of hydrogen-bond acceptors (Lipinski definition) is 3. The molecule has 2 aromatic rings. The fourth-order valence-electron chi connectivity index (χ4n) is 1.76. The zero-order valence-electron chi connectivity index (χ0n) is 9.89. The summed E-state index contributed by atoms with van der Waals surface area (Å²) in [4.78, 5) is 0. The smallest absolute Gasteiger partial charge is 0.121 e. The Hall–Kier alpha value is -1.43. The molecule has 1 unspecified atom stereocenters. The van der Waals surface area contributed by atoms with Gasteiger partial charge in [0, 0.05) is 14.8 Å². The minimum atomic E-state index is -0.0860. The van der Waals surface area contributed by atoms with Gasteiger partial charge in [0.1, 0.15) is 11.5 Å². The maximum Gasteiger partial charge on any atom is 0.121 e. The van der Waals surface area contributed by atoms with Crippen LogP contribution in [0.2, 0.25) is 0 Å². The van der Waals surface area contributed by atoms with Crippen LogP contribution >= 0.6 is 22.6 Å². The molecule has 3 N–H and O–H groups in total. The number of anilines is 1. The average Bonchev–Trinajstić information content (AvgIpc) is 2.35. The molecule has 0 aromatic heterocycles. The van der Waals surface area contributed by atoms with Gasteiger partial charge in [-0.15, -0.1) is 0 Å².